The molecule has 1 aliphatic heterocycles. The number of amides is 1. The highest BCUT2D eigenvalue weighted by atomic mass is 16.2. The molecule has 3 aromatic rings. The molecule has 0 bridgehead atoms. The van der Waals surface area contributed by atoms with Crippen LogP contribution in [0.5, 0.6) is 0 Å². The second-order valence-electron chi connectivity index (χ2n) is 7.82. The van der Waals surface area contributed by atoms with E-state index >= 15 is 0 Å². The molecule has 31 heavy (non-hydrogen) atoms. The van der Waals surface area contributed by atoms with E-state index in [1.54, 1.807) is 24.5 Å². The van der Waals surface area contributed by atoms with Crippen molar-refractivity contribution in [1.29, 1.82) is 0 Å². The SMILES string of the molecule is Cc1cccnc1CN(Cc1ncccc1C)C1=CCN(C(=O)c2ccncc2)CC1. The number of nitrogens with zero attached hydrogens (tertiary/aromatic N) is 5. The zero-order chi connectivity index (χ0) is 21.6. The van der Waals surface area contributed by atoms with Gasteiger partial charge in [0.25, 0.3) is 5.91 Å². The molecular weight excluding hydrogens is 386 g/mol. The van der Waals surface area contributed by atoms with Crippen LogP contribution < -0.4 is 0 Å². The molecule has 0 N–H and O–H groups in total. The van der Waals surface area contributed by atoms with Gasteiger partial charge in [-0.05, 0) is 55.3 Å². The van der Waals surface area contributed by atoms with E-state index in [9.17, 15) is 4.79 Å². The third kappa shape index (κ3) is 4.97. The molecule has 0 spiro atoms. The Morgan fingerprint density at radius 3 is 2.06 bits per heavy atom. The lowest BCUT2D eigenvalue weighted by Gasteiger charge is -2.33. The second kappa shape index (κ2) is 9.51. The van der Waals surface area contributed by atoms with E-state index in [0.717, 1.165) is 17.8 Å². The quantitative estimate of drug-likeness (QED) is 0.613. The van der Waals surface area contributed by atoms with Crippen molar-refractivity contribution in [1.82, 2.24) is 24.8 Å². The summed E-state index contributed by atoms with van der Waals surface area (Å²) in [6.45, 7) is 6.90. The molecule has 0 aromatic carbocycles. The first-order valence-electron chi connectivity index (χ1n) is 10.6. The highest BCUT2D eigenvalue weighted by Crippen LogP contribution is 2.23. The molecule has 0 unspecified atom stereocenters. The van der Waals surface area contributed by atoms with E-state index in [0.29, 0.717) is 31.7 Å². The van der Waals surface area contributed by atoms with Crippen LogP contribution in [0, 0.1) is 13.8 Å². The monoisotopic (exact) mass is 413 g/mol. The zero-order valence-electron chi connectivity index (χ0n) is 18.0. The molecule has 1 amide bonds. The summed E-state index contributed by atoms with van der Waals surface area (Å²) in [7, 11) is 0. The number of hydrogen-bond donors (Lipinski definition) is 0. The van der Waals surface area contributed by atoms with Gasteiger partial charge in [0, 0.05) is 55.6 Å². The first-order valence-corrected chi connectivity index (χ1v) is 10.6. The van der Waals surface area contributed by atoms with Crippen LogP contribution in [0.2, 0.25) is 0 Å². The lowest BCUT2D eigenvalue weighted by Crippen LogP contribution is -2.38. The third-order valence-electron chi connectivity index (χ3n) is 5.72. The van der Waals surface area contributed by atoms with Gasteiger partial charge in [-0.3, -0.25) is 19.7 Å². The highest BCUT2D eigenvalue weighted by molar-refractivity contribution is 5.94. The summed E-state index contributed by atoms with van der Waals surface area (Å²) < 4.78 is 0. The molecule has 0 saturated heterocycles. The number of aryl methyl sites for hydroxylation is 2. The van der Waals surface area contributed by atoms with Crippen LogP contribution in [0.4, 0.5) is 0 Å². The largest absolute Gasteiger partial charge is 0.363 e. The molecule has 4 heterocycles. The van der Waals surface area contributed by atoms with E-state index in [1.807, 2.05) is 29.4 Å². The first kappa shape index (κ1) is 20.7. The average molecular weight is 414 g/mol. The molecule has 0 saturated carbocycles. The summed E-state index contributed by atoms with van der Waals surface area (Å²) in [4.78, 5) is 30.2. The second-order valence-corrected chi connectivity index (χ2v) is 7.82. The van der Waals surface area contributed by atoms with Gasteiger partial charge in [-0.15, -0.1) is 0 Å². The number of carbonyl (C=O) groups excluding carboxylic acids is 1. The molecule has 6 nitrogen and oxygen atoms in total. The van der Waals surface area contributed by atoms with Gasteiger partial charge in [0.05, 0.1) is 24.5 Å². The van der Waals surface area contributed by atoms with Crippen LogP contribution in [0.3, 0.4) is 0 Å². The zero-order valence-corrected chi connectivity index (χ0v) is 18.0. The molecule has 0 radical (unpaired) electrons. The minimum absolute atomic E-state index is 0.0467. The molecule has 6 heteroatoms. The van der Waals surface area contributed by atoms with E-state index in [1.165, 1.54) is 16.8 Å². The van der Waals surface area contributed by atoms with Crippen molar-refractivity contribution >= 4 is 5.91 Å². The van der Waals surface area contributed by atoms with Crippen molar-refractivity contribution < 1.29 is 4.79 Å². The van der Waals surface area contributed by atoms with Crippen LogP contribution in [0.1, 0.15) is 39.3 Å². The lowest BCUT2D eigenvalue weighted by molar-refractivity contribution is 0.0760. The molecular formula is C25H27N5O. The Labute approximate surface area is 183 Å². The molecule has 0 atom stereocenters. The topological polar surface area (TPSA) is 62.2 Å². The fourth-order valence-corrected chi connectivity index (χ4v) is 3.80. The van der Waals surface area contributed by atoms with E-state index in [2.05, 4.69) is 51.9 Å². The van der Waals surface area contributed by atoms with Crippen molar-refractivity contribution in [3.63, 3.8) is 0 Å². The Balaban J connectivity index is 1.55. The Hall–Kier alpha value is -3.54. The Bertz CT molecular complexity index is 1030. The van der Waals surface area contributed by atoms with Crippen molar-refractivity contribution in [2.75, 3.05) is 13.1 Å². The van der Waals surface area contributed by atoms with Gasteiger partial charge in [-0.25, -0.2) is 0 Å². The van der Waals surface area contributed by atoms with Crippen molar-refractivity contribution in [3.8, 4) is 0 Å². The summed E-state index contributed by atoms with van der Waals surface area (Å²) >= 11 is 0. The van der Waals surface area contributed by atoms with E-state index in [-0.39, 0.29) is 5.91 Å². The highest BCUT2D eigenvalue weighted by Gasteiger charge is 2.22. The minimum Gasteiger partial charge on any atom is -0.363 e. The van der Waals surface area contributed by atoms with E-state index in [4.69, 9.17) is 0 Å². The number of rotatable bonds is 6. The number of hydrogen-bond acceptors (Lipinski definition) is 5. The van der Waals surface area contributed by atoms with Gasteiger partial charge in [0.1, 0.15) is 0 Å². The first-order chi connectivity index (χ1) is 15.1. The Kier molecular flexibility index (Phi) is 6.36. The third-order valence-corrected chi connectivity index (χ3v) is 5.72. The standard InChI is InChI=1S/C25H27N5O/c1-19-5-3-11-27-23(19)17-30(18-24-20(2)6-4-12-28-24)22-9-15-29(16-10-22)25(31)21-7-13-26-14-8-21/h3-9,11-14H,10,15-18H2,1-2H3. The van der Waals surface area contributed by atoms with Gasteiger partial charge in [0.15, 0.2) is 0 Å². The average Bonchev–Trinajstić information content (AvgIpc) is 2.81. The summed E-state index contributed by atoms with van der Waals surface area (Å²) in [5.74, 6) is 0.0467. The van der Waals surface area contributed by atoms with Gasteiger partial charge in [0.2, 0.25) is 0 Å². The van der Waals surface area contributed by atoms with Crippen LogP contribution in [0.25, 0.3) is 0 Å². The van der Waals surface area contributed by atoms with Gasteiger partial charge in [-0.2, -0.15) is 0 Å². The lowest BCUT2D eigenvalue weighted by atomic mass is 10.1. The summed E-state index contributed by atoms with van der Waals surface area (Å²) in [5.41, 5.74) is 6.39. The predicted octanol–water partition coefficient (Wildman–Crippen LogP) is 3.92. The Morgan fingerprint density at radius 2 is 1.55 bits per heavy atom. The molecule has 0 aliphatic carbocycles. The van der Waals surface area contributed by atoms with Crippen molar-refractivity contribution in [2.24, 2.45) is 0 Å². The van der Waals surface area contributed by atoms with Crippen LogP contribution in [0.15, 0.2) is 73.0 Å². The number of carbonyl (C=O) groups is 1. The molecule has 0 fully saturated rings. The number of pyridine rings is 3. The van der Waals surface area contributed by atoms with Gasteiger partial charge in [-0.1, -0.05) is 12.1 Å². The smallest absolute Gasteiger partial charge is 0.254 e. The van der Waals surface area contributed by atoms with Crippen LogP contribution in [-0.2, 0) is 13.1 Å². The van der Waals surface area contributed by atoms with Crippen molar-refractivity contribution in [3.05, 3.63) is 101 Å². The molecule has 1 aliphatic rings. The normalized spacial score (nSPS) is 13.6. The predicted molar refractivity (Wildman–Crippen MR) is 120 cm³/mol. The van der Waals surface area contributed by atoms with Crippen LogP contribution in [-0.4, -0.2) is 43.7 Å². The maximum Gasteiger partial charge on any atom is 0.254 e. The van der Waals surface area contributed by atoms with E-state index < -0.39 is 0 Å². The summed E-state index contributed by atoms with van der Waals surface area (Å²) in [6, 6.07) is 11.7. The van der Waals surface area contributed by atoms with Crippen LogP contribution >= 0.6 is 0 Å². The molecule has 4 rings (SSSR count). The van der Waals surface area contributed by atoms with Gasteiger partial charge < -0.3 is 9.80 Å². The molecule has 3 aromatic heterocycles. The minimum atomic E-state index is 0.0467. The maximum absolute atomic E-state index is 12.8. The van der Waals surface area contributed by atoms with Crippen molar-refractivity contribution in [2.45, 2.75) is 33.4 Å². The van der Waals surface area contributed by atoms with Gasteiger partial charge >= 0.3 is 0 Å². The maximum atomic E-state index is 12.8. The Morgan fingerprint density at radius 1 is 0.935 bits per heavy atom. The summed E-state index contributed by atoms with van der Waals surface area (Å²) in [5, 5.41) is 0. The fraction of sp³-hybridized carbons (Fsp3) is 0.280. The summed E-state index contributed by atoms with van der Waals surface area (Å²) in [6.07, 6.45) is 9.97. The number of aromatic nitrogens is 3. The fourth-order valence-electron chi connectivity index (χ4n) is 3.80. The molecule has 158 valence electrons.